The molecule has 0 bridgehead atoms. The number of carbonyl (C=O) groups is 2. The summed E-state index contributed by atoms with van der Waals surface area (Å²) < 4.78 is 11.4. The number of halogens is 1. The maximum atomic E-state index is 12.1. The molecule has 0 aromatic heterocycles. The number of nitrogens with one attached hydrogen (secondary N) is 2. The number of hydrogen-bond donors (Lipinski definition) is 2. The number of hydrogen-bond acceptors (Lipinski definition) is 4. The number of unbranched alkanes of at least 4 members (excludes halogenated alkanes) is 1. The van der Waals surface area contributed by atoms with E-state index in [1.54, 1.807) is 31.4 Å². The van der Waals surface area contributed by atoms with Gasteiger partial charge in [0.1, 0.15) is 5.75 Å². The Balaban J connectivity index is 1.80. The lowest BCUT2D eigenvalue weighted by atomic mass is 10.1. The maximum absolute atomic E-state index is 12.1. The van der Waals surface area contributed by atoms with Crippen LogP contribution >= 0.6 is 15.9 Å². The number of esters is 1. The molecule has 0 unspecified atom stereocenters. The maximum Gasteiger partial charge on any atom is 0.338 e. The van der Waals surface area contributed by atoms with E-state index in [0.29, 0.717) is 30.8 Å². The summed E-state index contributed by atoms with van der Waals surface area (Å²) in [5.41, 5.74) is 2.06. The van der Waals surface area contributed by atoms with E-state index >= 15 is 0 Å². The molecule has 0 aliphatic rings. The molecule has 2 aromatic carbocycles. The molecular weight excluding hydrogens is 424 g/mol. The summed E-state index contributed by atoms with van der Waals surface area (Å²) in [6.07, 6.45) is 2.45. The number of benzene rings is 2. The van der Waals surface area contributed by atoms with Gasteiger partial charge in [0.05, 0.1) is 19.3 Å². The Kier molecular flexibility index (Phi) is 8.81. The number of rotatable bonds is 9. The smallest absolute Gasteiger partial charge is 0.338 e. The molecule has 2 aromatic rings. The number of ether oxygens (including phenoxy) is 2. The minimum Gasteiger partial charge on any atom is -0.496 e. The second-order valence-electron chi connectivity index (χ2n) is 6.15. The first-order valence-corrected chi connectivity index (χ1v) is 9.97. The SMILES string of the molecule is CCCCOC(=O)c1ccc(NC(=O)NCCc2cc(Br)ccc2OC)cc1. The Bertz CT molecular complexity index is 793. The first-order valence-electron chi connectivity index (χ1n) is 9.18. The zero-order valence-electron chi connectivity index (χ0n) is 16.1. The highest BCUT2D eigenvalue weighted by Crippen LogP contribution is 2.23. The first kappa shape index (κ1) is 21.8. The second-order valence-corrected chi connectivity index (χ2v) is 7.07. The van der Waals surface area contributed by atoms with E-state index in [2.05, 4.69) is 26.6 Å². The van der Waals surface area contributed by atoms with E-state index < -0.39 is 0 Å². The van der Waals surface area contributed by atoms with Crippen LogP contribution in [0.3, 0.4) is 0 Å². The molecule has 0 heterocycles. The third kappa shape index (κ3) is 6.88. The number of anilines is 1. The van der Waals surface area contributed by atoms with Gasteiger partial charge in [-0.1, -0.05) is 29.3 Å². The largest absolute Gasteiger partial charge is 0.496 e. The number of urea groups is 1. The van der Waals surface area contributed by atoms with E-state index in [1.807, 2.05) is 25.1 Å². The fourth-order valence-corrected chi connectivity index (χ4v) is 2.92. The highest BCUT2D eigenvalue weighted by atomic mass is 79.9. The molecule has 0 saturated carbocycles. The average Bonchev–Trinajstić information content (AvgIpc) is 2.69. The van der Waals surface area contributed by atoms with Crippen LogP contribution in [0.2, 0.25) is 0 Å². The topological polar surface area (TPSA) is 76.7 Å². The molecule has 6 nitrogen and oxygen atoms in total. The Hall–Kier alpha value is -2.54. The van der Waals surface area contributed by atoms with Gasteiger partial charge in [-0.05, 0) is 60.9 Å². The Morgan fingerprint density at radius 3 is 2.54 bits per heavy atom. The lowest BCUT2D eigenvalue weighted by Gasteiger charge is -2.11. The molecule has 7 heteroatoms. The van der Waals surface area contributed by atoms with Gasteiger partial charge in [0, 0.05) is 16.7 Å². The predicted octanol–water partition coefficient (Wildman–Crippen LogP) is 4.78. The highest BCUT2D eigenvalue weighted by Gasteiger charge is 2.08. The predicted molar refractivity (Wildman–Crippen MR) is 113 cm³/mol. The molecule has 0 spiro atoms. The summed E-state index contributed by atoms with van der Waals surface area (Å²) in [5, 5.41) is 5.55. The lowest BCUT2D eigenvalue weighted by Crippen LogP contribution is -2.30. The van der Waals surface area contributed by atoms with Crippen LogP contribution in [0.15, 0.2) is 46.9 Å². The van der Waals surface area contributed by atoms with Crippen molar-refractivity contribution in [3.63, 3.8) is 0 Å². The zero-order valence-corrected chi connectivity index (χ0v) is 17.7. The van der Waals surface area contributed by atoms with Gasteiger partial charge in [-0.15, -0.1) is 0 Å². The van der Waals surface area contributed by atoms with Crippen molar-refractivity contribution in [2.45, 2.75) is 26.2 Å². The third-order valence-electron chi connectivity index (χ3n) is 4.03. The number of carbonyl (C=O) groups excluding carboxylic acids is 2. The quantitative estimate of drug-likeness (QED) is 0.427. The second kappa shape index (κ2) is 11.3. The summed E-state index contributed by atoms with van der Waals surface area (Å²) in [6, 6.07) is 12.1. The minimum atomic E-state index is -0.354. The van der Waals surface area contributed by atoms with Gasteiger partial charge in [0.2, 0.25) is 0 Å². The number of methoxy groups -OCH3 is 1. The van der Waals surface area contributed by atoms with Gasteiger partial charge in [-0.25, -0.2) is 9.59 Å². The summed E-state index contributed by atoms with van der Waals surface area (Å²) >= 11 is 3.44. The van der Waals surface area contributed by atoms with Crippen LogP contribution in [0.4, 0.5) is 10.5 Å². The van der Waals surface area contributed by atoms with Crippen molar-refractivity contribution in [3.05, 3.63) is 58.1 Å². The van der Waals surface area contributed by atoms with E-state index in [9.17, 15) is 9.59 Å². The van der Waals surface area contributed by atoms with Crippen LogP contribution in [0.5, 0.6) is 5.75 Å². The van der Waals surface area contributed by atoms with Crippen LogP contribution < -0.4 is 15.4 Å². The molecule has 0 aliphatic carbocycles. The fraction of sp³-hybridized carbons (Fsp3) is 0.333. The van der Waals surface area contributed by atoms with Crippen LogP contribution in [0.25, 0.3) is 0 Å². The van der Waals surface area contributed by atoms with Gasteiger partial charge in [0.15, 0.2) is 0 Å². The molecule has 0 fully saturated rings. The summed E-state index contributed by atoms with van der Waals surface area (Å²) in [7, 11) is 1.62. The molecule has 0 radical (unpaired) electrons. The van der Waals surface area contributed by atoms with Crippen molar-refractivity contribution in [1.82, 2.24) is 5.32 Å². The molecule has 2 rings (SSSR count). The number of amides is 2. The van der Waals surface area contributed by atoms with Gasteiger partial charge >= 0.3 is 12.0 Å². The normalized spacial score (nSPS) is 10.2. The monoisotopic (exact) mass is 448 g/mol. The average molecular weight is 449 g/mol. The molecule has 0 saturated heterocycles. The molecule has 0 atom stereocenters. The van der Waals surface area contributed by atoms with Crippen molar-refractivity contribution in [2.24, 2.45) is 0 Å². The van der Waals surface area contributed by atoms with Gasteiger partial charge in [-0.3, -0.25) is 0 Å². The van der Waals surface area contributed by atoms with E-state index in [4.69, 9.17) is 9.47 Å². The standard InChI is InChI=1S/C21H25BrN2O4/c1-3-4-13-28-20(25)15-5-8-18(9-6-15)24-21(26)23-12-11-16-14-17(22)7-10-19(16)27-2/h5-10,14H,3-4,11-13H2,1-2H3,(H2,23,24,26). The Morgan fingerprint density at radius 1 is 1.11 bits per heavy atom. The summed E-state index contributed by atoms with van der Waals surface area (Å²) in [6.45, 7) is 2.91. The van der Waals surface area contributed by atoms with Crippen molar-refractivity contribution in [2.75, 3.05) is 25.6 Å². The molecule has 2 N–H and O–H groups in total. The minimum absolute atomic E-state index is 0.313. The first-order chi connectivity index (χ1) is 13.5. The molecule has 2 amide bonds. The van der Waals surface area contributed by atoms with E-state index in [-0.39, 0.29) is 12.0 Å². The van der Waals surface area contributed by atoms with Crippen molar-refractivity contribution in [1.29, 1.82) is 0 Å². The molecule has 28 heavy (non-hydrogen) atoms. The van der Waals surface area contributed by atoms with Gasteiger partial charge < -0.3 is 20.1 Å². The Labute approximate surface area is 173 Å². The van der Waals surface area contributed by atoms with E-state index in [0.717, 1.165) is 28.6 Å². The van der Waals surface area contributed by atoms with Crippen molar-refractivity contribution >= 4 is 33.6 Å². The van der Waals surface area contributed by atoms with E-state index in [1.165, 1.54) is 0 Å². The molecular formula is C21H25BrN2O4. The highest BCUT2D eigenvalue weighted by molar-refractivity contribution is 9.10. The van der Waals surface area contributed by atoms with Crippen LogP contribution in [0.1, 0.15) is 35.7 Å². The van der Waals surface area contributed by atoms with Gasteiger partial charge in [-0.2, -0.15) is 0 Å². The summed E-state index contributed by atoms with van der Waals surface area (Å²) in [5.74, 6) is 0.430. The van der Waals surface area contributed by atoms with Crippen molar-refractivity contribution in [3.8, 4) is 5.75 Å². The van der Waals surface area contributed by atoms with Gasteiger partial charge in [0.25, 0.3) is 0 Å². The fourth-order valence-electron chi connectivity index (χ4n) is 2.51. The lowest BCUT2D eigenvalue weighted by molar-refractivity contribution is 0.0500. The Morgan fingerprint density at radius 2 is 1.86 bits per heavy atom. The third-order valence-corrected chi connectivity index (χ3v) is 4.53. The molecule has 150 valence electrons. The summed E-state index contributed by atoms with van der Waals surface area (Å²) in [4.78, 5) is 23.9. The van der Waals surface area contributed by atoms with Crippen LogP contribution in [-0.4, -0.2) is 32.3 Å². The zero-order chi connectivity index (χ0) is 20.4. The molecule has 0 aliphatic heterocycles. The van der Waals surface area contributed by atoms with Crippen molar-refractivity contribution < 1.29 is 19.1 Å². The van der Waals surface area contributed by atoms with Crippen LogP contribution in [-0.2, 0) is 11.2 Å². The van der Waals surface area contributed by atoms with Crippen LogP contribution in [0, 0.1) is 0 Å².